The highest BCUT2D eigenvalue weighted by Crippen LogP contribution is 2.34. The maximum atomic E-state index is 13.0. The monoisotopic (exact) mass is 757 g/mol. The van der Waals surface area contributed by atoms with Crippen LogP contribution in [0.4, 0.5) is 0 Å². The van der Waals surface area contributed by atoms with E-state index < -0.39 is 0 Å². The third kappa shape index (κ3) is 11.0. The van der Waals surface area contributed by atoms with Crippen molar-refractivity contribution in [2.45, 2.75) is 33.4 Å². The molecule has 1 aromatic heterocycles. The van der Waals surface area contributed by atoms with Crippen LogP contribution >= 0.6 is 35.6 Å². The Hall–Kier alpha value is -4.53. The van der Waals surface area contributed by atoms with Gasteiger partial charge in [0.2, 0.25) is 11.8 Å². The minimum atomic E-state index is -0.0120. The molecule has 0 saturated carbocycles. The fraction of sp³-hybridized carbons (Fsp3) is 0.238. The second kappa shape index (κ2) is 18.8. The Bertz CT molecular complexity index is 1920. The lowest BCUT2D eigenvalue weighted by Crippen LogP contribution is -2.47. The molecule has 1 fully saturated rings. The summed E-state index contributed by atoms with van der Waals surface area (Å²) >= 11 is 12.8. The average molecular weight is 759 g/mol. The van der Waals surface area contributed by atoms with E-state index in [0.29, 0.717) is 53.7 Å². The Balaban J connectivity index is 0.00000523. The molecule has 52 heavy (non-hydrogen) atoms. The summed E-state index contributed by atoms with van der Waals surface area (Å²) in [5, 5.41) is 1.09. The summed E-state index contributed by atoms with van der Waals surface area (Å²) in [5.41, 5.74) is 6.29. The fourth-order valence-corrected chi connectivity index (χ4v) is 6.27. The van der Waals surface area contributed by atoms with Crippen molar-refractivity contribution in [2.24, 2.45) is 0 Å². The molecule has 6 rings (SSSR count). The first-order valence-corrected chi connectivity index (χ1v) is 17.8. The number of aryl methyl sites for hydroxylation is 2. The Kier molecular flexibility index (Phi) is 14.0. The molecule has 1 amide bonds. The zero-order valence-corrected chi connectivity index (χ0v) is 31.6. The van der Waals surface area contributed by atoms with E-state index in [-0.39, 0.29) is 18.3 Å². The molecular weight excluding hydrogens is 717 g/mol. The largest absolute Gasteiger partial charge is 0.493 e. The molecule has 0 aliphatic carbocycles. The van der Waals surface area contributed by atoms with E-state index >= 15 is 0 Å². The lowest BCUT2D eigenvalue weighted by Gasteiger charge is -2.34. The van der Waals surface area contributed by atoms with Gasteiger partial charge in [-0.15, -0.1) is 12.4 Å². The van der Waals surface area contributed by atoms with Gasteiger partial charge in [0.15, 0.2) is 5.75 Å². The smallest absolute Gasteiger partial charge is 0.246 e. The van der Waals surface area contributed by atoms with E-state index in [1.54, 1.807) is 36.5 Å². The Morgan fingerprint density at radius 2 is 1.52 bits per heavy atom. The first-order chi connectivity index (χ1) is 24.8. The molecule has 2 heterocycles. The van der Waals surface area contributed by atoms with Gasteiger partial charge in [0.05, 0.1) is 17.8 Å². The van der Waals surface area contributed by atoms with Crippen LogP contribution < -0.4 is 14.2 Å². The van der Waals surface area contributed by atoms with E-state index in [2.05, 4.69) is 53.2 Å². The molecule has 5 aromatic rings. The molecule has 7 nitrogen and oxygen atoms in total. The van der Waals surface area contributed by atoms with Gasteiger partial charge in [-0.2, -0.15) is 0 Å². The lowest BCUT2D eigenvalue weighted by molar-refractivity contribution is -0.127. The number of carbonyl (C=O) groups excluding carboxylic acids is 1. The topological polar surface area (TPSA) is 64.1 Å². The Morgan fingerprint density at radius 1 is 0.808 bits per heavy atom. The molecule has 0 unspecified atom stereocenters. The zero-order chi connectivity index (χ0) is 35.6. The van der Waals surface area contributed by atoms with Crippen LogP contribution in [0.2, 0.25) is 10.0 Å². The fourth-order valence-electron chi connectivity index (χ4n) is 5.77. The summed E-state index contributed by atoms with van der Waals surface area (Å²) in [6.45, 7) is 8.84. The normalized spacial score (nSPS) is 13.1. The number of benzene rings is 4. The number of halogens is 3. The van der Waals surface area contributed by atoms with E-state index in [1.807, 2.05) is 54.3 Å². The summed E-state index contributed by atoms with van der Waals surface area (Å²) in [6, 6.07) is 31.7. The molecular formula is C42H42Cl3N3O4. The number of rotatable bonds is 13. The quantitative estimate of drug-likeness (QED) is 0.112. The summed E-state index contributed by atoms with van der Waals surface area (Å²) in [4.78, 5) is 21.7. The van der Waals surface area contributed by atoms with Crippen LogP contribution in [-0.4, -0.2) is 53.5 Å². The van der Waals surface area contributed by atoms with Gasteiger partial charge < -0.3 is 19.1 Å². The molecule has 0 atom stereocenters. The number of hydrogen-bond donors (Lipinski definition) is 0. The third-order valence-electron chi connectivity index (χ3n) is 8.73. The SMILES string of the molecule is Cc1ccc(OCCc2ccc(CN3CCN(C(=O)/C=C/c4cc(C)c(Oc5ccc(OCc6ccccc6Cl)cn5)c(Cl)c4)CC3)cc2)cc1.Cl. The predicted molar refractivity (Wildman–Crippen MR) is 211 cm³/mol. The molecule has 0 radical (unpaired) electrons. The highest BCUT2D eigenvalue weighted by Gasteiger charge is 2.20. The third-order valence-corrected chi connectivity index (χ3v) is 9.38. The van der Waals surface area contributed by atoms with Crippen LogP contribution in [0.1, 0.15) is 33.4 Å². The minimum absolute atomic E-state index is 0. The molecule has 10 heteroatoms. The van der Waals surface area contributed by atoms with Gasteiger partial charge in [-0.1, -0.05) is 83.4 Å². The number of ether oxygens (including phenoxy) is 3. The number of pyridine rings is 1. The van der Waals surface area contributed by atoms with E-state index in [4.69, 9.17) is 37.4 Å². The van der Waals surface area contributed by atoms with E-state index in [1.165, 1.54) is 16.7 Å². The maximum Gasteiger partial charge on any atom is 0.246 e. The zero-order valence-electron chi connectivity index (χ0n) is 29.3. The minimum Gasteiger partial charge on any atom is -0.493 e. The standard InChI is InChI=1S/C42H41Cl2N3O4.ClH/c1-30-7-14-36(15-8-30)49-24-19-32-9-11-33(12-10-32)28-46-20-22-47(23-21-46)41(48)18-13-34-25-31(2)42(39(44)26-34)51-40-17-16-37(27-45-40)50-29-35-5-3-4-6-38(35)43;/h3-18,25-27H,19-24,28-29H2,1-2H3;1H/b18-13+;. The van der Waals surface area contributed by atoms with Crippen LogP contribution in [0.15, 0.2) is 109 Å². The first kappa shape index (κ1) is 38.7. The van der Waals surface area contributed by atoms with Crippen LogP contribution in [0.25, 0.3) is 6.08 Å². The average Bonchev–Trinajstić information content (AvgIpc) is 3.14. The summed E-state index contributed by atoms with van der Waals surface area (Å²) < 4.78 is 17.7. The highest BCUT2D eigenvalue weighted by atomic mass is 35.5. The van der Waals surface area contributed by atoms with Crippen molar-refractivity contribution in [1.29, 1.82) is 0 Å². The van der Waals surface area contributed by atoms with Crippen molar-refractivity contribution >= 4 is 47.6 Å². The van der Waals surface area contributed by atoms with Gasteiger partial charge in [0.25, 0.3) is 0 Å². The van der Waals surface area contributed by atoms with Gasteiger partial charge in [0, 0.05) is 61.9 Å². The number of nitrogens with zero attached hydrogens (tertiary/aromatic N) is 3. The molecule has 0 N–H and O–H groups in total. The first-order valence-electron chi connectivity index (χ1n) is 17.1. The van der Waals surface area contributed by atoms with Crippen LogP contribution in [0.3, 0.4) is 0 Å². The predicted octanol–water partition coefficient (Wildman–Crippen LogP) is 9.78. The maximum absolute atomic E-state index is 13.0. The number of amides is 1. The number of carbonyl (C=O) groups is 1. The van der Waals surface area contributed by atoms with Crippen LogP contribution in [0, 0.1) is 13.8 Å². The van der Waals surface area contributed by atoms with Crippen molar-refractivity contribution in [1.82, 2.24) is 14.8 Å². The van der Waals surface area contributed by atoms with E-state index in [9.17, 15) is 4.79 Å². The Labute approximate surface area is 322 Å². The molecule has 270 valence electrons. The molecule has 1 aliphatic heterocycles. The van der Waals surface area contributed by atoms with Crippen molar-refractivity contribution in [3.8, 4) is 23.1 Å². The second-order valence-electron chi connectivity index (χ2n) is 12.6. The van der Waals surface area contributed by atoms with Crippen LogP contribution in [-0.2, 0) is 24.4 Å². The summed E-state index contributed by atoms with van der Waals surface area (Å²) in [5.74, 6) is 2.38. The van der Waals surface area contributed by atoms with Gasteiger partial charge in [-0.3, -0.25) is 9.69 Å². The van der Waals surface area contributed by atoms with Gasteiger partial charge >= 0.3 is 0 Å². The van der Waals surface area contributed by atoms with Crippen molar-refractivity contribution in [3.05, 3.63) is 153 Å². The molecule has 1 aliphatic rings. The highest BCUT2D eigenvalue weighted by molar-refractivity contribution is 6.32. The van der Waals surface area contributed by atoms with Crippen LogP contribution in [0.5, 0.6) is 23.1 Å². The lowest BCUT2D eigenvalue weighted by atomic mass is 10.1. The number of hydrogen-bond acceptors (Lipinski definition) is 6. The molecule has 1 saturated heterocycles. The van der Waals surface area contributed by atoms with Crippen molar-refractivity contribution in [3.63, 3.8) is 0 Å². The second-order valence-corrected chi connectivity index (χ2v) is 13.4. The summed E-state index contributed by atoms with van der Waals surface area (Å²) in [7, 11) is 0. The molecule has 0 spiro atoms. The Morgan fingerprint density at radius 3 is 2.21 bits per heavy atom. The molecule has 0 bridgehead atoms. The van der Waals surface area contributed by atoms with Crippen molar-refractivity contribution < 1.29 is 19.0 Å². The number of piperazine rings is 1. The molecule has 4 aromatic carbocycles. The van der Waals surface area contributed by atoms with E-state index in [0.717, 1.165) is 48.5 Å². The van der Waals surface area contributed by atoms with Gasteiger partial charge in [-0.25, -0.2) is 4.98 Å². The summed E-state index contributed by atoms with van der Waals surface area (Å²) in [6.07, 6.45) is 5.88. The number of aromatic nitrogens is 1. The van der Waals surface area contributed by atoms with Crippen molar-refractivity contribution in [2.75, 3.05) is 32.8 Å². The van der Waals surface area contributed by atoms with Gasteiger partial charge in [0.1, 0.15) is 18.1 Å². The van der Waals surface area contributed by atoms with Gasteiger partial charge in [-0.05, 0) is 78.6 Å².